The Bertz CT molecular complexity index is 621. The van der Waals surface area contributed by atoms with Crippen molar-refractivity contribution in [2.45, 2.75) is 51.6 Å². The average molecular weight is 496 g/mol. The molecule has 0 bridgehead atoms. The van der Waals surface area contributed by atoms with E-state index in [0.717, 1.165) is 30.9 Å². The molecule has 0 spiro atoms. The Balaban J connectivity index is 0.00000225. The first-order chi connectivity index (χ1) is 13.2. The summed E-state index contributed by atoms with van der Waals surface area (Å²) in [5.41, 5.74) is 1.42. The van der Waals surface area contributed by atoms with Crippen LogP contribution in [0.2, 0.25) is 0 Å². The molecule has 3 fully saturated rings. The Labute approximate surface area is 188 Å². The maximum Gasteiger partial charge on any atom is 0.193 e. The van der Waals surface area contributed by atoms with E-state index < -0.39 is 0 Å². The van der Waals surface area contributed by atoms with Gasteiger partial charge in [-0.05, 0) is 49.5 Å². The summed E-state index contributed by atoms with van der Waals surface area (Å²) in [4.78, 5) is 9.77. The lowest BCUT2D eigenvalue weighted by molar-refractivity contribution is 0.255. The molecule has 4 atom stereocenters. The largest absolute Gasteiger partial charge is 0.356 e. The van der Waals surface area contributed by atoms with Crippen LogP contribution in [0, 0.1) is 17.8 Å². The van der Waals surface area contributed by atoms with E-state index in [1.54, 1.807) is 0 Å². The Hall–Kier alpha value is -0.820. The quantitative estimate of drug-likeness (QED) is 0.385. The summed E-state index contributed by atoms with van der Waals surface area (Å²) in [5.74, 6) is 3.67. The third-order valence-corrected chi connectivity index (χ3v) is 7.06. The molecule has 28 heavy (non-hydrogen) atoms. The van der Waals surface area contributed by atoms with E-state index in [1.807, 2.05) is 7.05 Å². The number of guanidine groups is 1. The van der Waals surface area contributed by atoms with Crippen molar-refractivity contribution in [3.05, 3.63) is 35.9 Å². The van der Waals surface area contributed by atoms with Crippen LogP contribution in [0.5, 0.6) is 0 Å². The van der Waals surface area contributed by atoms with E-state index in [1.165, 1.54) is 57.3 Å². The smallest absolute Gasteiger partial charge is 0.193 e. The van der Waals surface area contributed by atoms with Gasteiger partial charge in [-0.25, -0.2) is 0 Å². The normalized spacial score (nSPS) is 30.8. The van der Waals surface area contributed by atoms with E-state index in [4.69, 9.17) is 0 Å². The molecule has 3 aliphatic rings. The first-order valence-corrected chi connectivity index (χ1v) is 11.0. The summed E-state index contributed by atoms with van der Waals surface area (Å²) < 4.78 is 0. The van der Waals surface area contributed by atoms with Crippen LogP contribution in [0.15, 0.2) is 35.3 Å². The van der Waals surface area contributed by atoms with Gasteiger partial charge in [0.25, 0.3) is 0 Å². The Morgan fingerprint density at radius 1 is 1.07 bits per heavy atom. The van der Waals surface area contributed by atoms with Gasteiger partial charge in [-0.2, -0.15) is 0 Å². The number of nitrogens with zero attached hydrogens (tertiary/aromatic N) is 3. The van der Waals surface area contributed by atoms with Gasteiger partial charge >= 0.3 is 0 Å². The summed E-state index contributed by atoms with van der Waals surface area (Å²) in [5, 5.41) is 3.72. The molecule has 1 aromatic carbocycles. The van der Waals surface area contributed by atoms with Gasteiger partial charge in [0.05, 0.1) is 0 Å². The maximum atomic E-state index is 4.61. The maximum absolute atomic E-state index is 4.61. The minimum atomic E-state index is 0. The fraction of sp³-hybridized carbons (Fsp3) is 0.696. The predicted octanol–water partition coefficient (Wildman–Crippen LogP) is 4.21. The lowest BCUT2D eigenvalue weighted by atomic mass is 9.82. The average Bonchev–Trinajstić information content (AvgIpc) is 3.27. The standard InChI is InChI=1S/C23H36N4.HI/c1-18-12-20(15-26(18)14-19-8-4-3-5-9-19)13-25-23(24-2)27-16-21-10-6-7-11-22(21)17-27;/h3-5,8-9,18,20-22H,6-7,10-17H2,1-2H3,(H,24,25);1H. The van der Waals surface area contributed by atoms with Gasteiger partial charge in [0.1, 0.15) is 0 Å². The molecule has 4 unspecified atom stereocenters. The number of hydrogen-bond donors (Lipinski definition) is 1. The van der Waals surface area contributed by atoms with Crippen molar-refractivity contribution in [3.63, 3.8) is 0 Å². The molecule has 0 aromatic heterocycles. The molecule has 156 valence electrons. The Kier molecular flexibility index (Phi) is 8.03. The Morgan fingerprint density at radius 2 is 1.75 bits per heavy atom. The van der Waals surface area contributed by atoms with E-state index >= 15 is 0 Å². The van der Waals surface area contributed by atoms with Gasteiger partial charge in [0.2, 0.25) is 0 Å². The molecule has 4 rings (SSSR count). The van der Waals surface area contributed by atoms with Gasteiger partial charge in [-0.15, -0.1) is 24.0 Å². The van der Waals surface area contributed by atoms with Crippen LogP contribution < -0.4 is 5.32 Å². The van der Waals surface area contributed by atoms with Crippen molar-refractivity contribution in [3.8, 4) is 0 Å². The zero-order chi connectivity index (χ0) is 18.6. The van der Waals surface area contributed by atoms with E-state index in [0.29, 0.717) is 12.0 Å². The van der Waals surface area contributed by atoms with Crippen molar-refractivity contribution in [2.24, 2.45) is 22.7 Å². The van der Waals surface area contributed by atoms with Crippen LogP contribution in [0.25, 0.3) is 0 Å². The fourth-order valence-electron chi connectivity index (χ4n) is 5.55. The summed E-state index contributed by atoms with van der Waals surface area (Å²) in [6.07, 6.45) is 6.98. The third-order valence-electron chi connectivity index (χ3n) is 7.06. The highest BCUT2D eigenvalue weighted by Gasteiger charge is 2.36. The number of halogens is 1. The molecule has 1 N–H and O–H groups in total. The summed E-state index contributed by atoms with van der Waals surface area (Å²) in [6, 6.07) is 11.5. The number of rotatable bonds is 4. The monoisotopic (exact) mass is 496 g/mol. The van der Waals surface area contributed by atoms with Crippen LogP contribution in [0.1, 0.15) is 44.6 Å². The van der Waals surface area contributed by atoms with E-state index in [2.05, 4.69) is 57.4 Å². The minimum Gasteiger partial charge on any atom is -0.356 e. The number of aliphatic imine (C=N–C) groups is 1. The molecule has 0 radical (unpaired) electrons. The van der Waals surface area contributed by atoms with Crippen molar-refractivity contribution < 1.29 is 0 Å². The minimum absolute atomic E-state index is 0. The number of nitrogens with one attached hydrogen (secondary N) is 1. The van der Waals surface area contributed by atoms with Crippen molar-refractivity contribution in [1.82, 2.24) is 15.1 Å². The predicted molar refractivity (Wildman–Crippen MR) is 128 cm³/mol. The van der Waals surface area contributed by atoms with Gasteiger partial charge in [-0.3, -0.25) is 9.89 Å². The van der Waals surface area contributed by atoms with Gasteiger partial charge in [0.15, 0.2) is 5.96 Å². The zero-order valence-electron chi connectivity index (χ0n) is 17.5. The fourth-order valence-corrected chi connectivity index (χ4v) is 5.55. The second kappa shape index (κ2) is 10.3. The van der Waals surface area contributed by atoms with E-state index in [9.17, 15) is 0 Å². The second-order valence-electron chi connectivity index (χ2n) is 9.00. The third kappa shape index (κ3) is 5.21. The van der Waals surface area contributed by atoms with Gasteiger partial charge in [0, 0.05) is 45.8 Å². The molecule has 2 saturated heterocycles. The van der Waals surface area contributed by atoms with Crippen molar-refractivity contribution in [2.75, 3.05) is 33.2 Å². The van der Waals surface area contributed by atoms with Crippen LogP contribution >= 0.6 is 24.0 Å². The molecule has 2 heterocycles. The molecular formula is C23H37IN4. The highest BCUT2D eigenvalue weighted by molar-refractivity contribution is 14.0. The first kappa shape index (κ1) is 21.9. The molecule has 4 nitrogen and oxygen atoms in total. The molecule has 2 aliphatic heterocycles. The van der Waals surface area contributed by atoms with Crippen LogP contribution in [-0.4, -0.2) is 55.0 Å². The summed E-state index contributed by atoms with van der Waals surface area (Å²) in [6.45, 7) is 8.11. The number of benzene rings is 1. The van der Waals surface area contributed by atoms with Gasteiger partial charge < -0.3 is 10.2 Å². The van der Waals surface area contributed by atoms with Crippen LogP contribution in [0.3, 0.4) is 0 Å². The molecule has 0 amide bonds. The summed E-state index contributed by atoms with van der Waals surface area (Å²) >= 11 is 0. The molecule has 1 aromatic rings. The SMILES string of the molecule is CN=C(NCC1CC(C)N(Cc2ccccc2)C1)N1CC2CCCCC2C1.I. The van der Waals surface area contributed by atoms with Crippen molar-refractivity contribution in [1.29, 1.82) is 0 Å². The second-order valence-corrected chi connectivity index (χ2v) is 9.00. The molecular weight excluding hydrogens is 459 g/mol. The number of fused-ring (bicyclic) bond motifs is 1. The highest BCUT2D eigenvalue weighted by atomic mass is 127. The molecule has 5 heteroatoms. The Morgan fingerprint density at radius 3 is 2.39 bits per heavy atom. The first-order valence-electron chi connectivity index (χ1n) is 11.0. The molecule has 1 saturated carbocycles. The van der Waals surface area contributed by atoms with Crippen LogP contribution in [-0.2, 0) is 6.54 Å². The number of hydrogen-bond acceptors (Lipinski definition) is 2. The lowest BCUT2D eigenvalue weighted by Crippen LogP contribution is -2.42. The lowest BCUT2D eigenvalue weighted by Gasteiger charge is -2.23. The topological polar surface area (TPSA) is 30.9 Å². The van der Waals surface area contributed by atoms with E-state index in [-0.39, 0.29) is 24.0 Å². The van der Waals surface area contributed by atoms with Gasteiger partial charge in [-0.1, -0.05) is 43.2 Å². The van der Waals surface area contributed by atoms with Crippen LogP contribution in [0.4, 0.5) is 0 Å². The molecule has 1 aliphatic carbocycles. The zero-order valence-corrected chi connectivity index (χ0v) is 19.8. The van der Waals surface area contributed by atoms with Crippen molar-refractivity contribution >= 4 is 29.9 Å². The highest BCUT2D eigenvalue weighted by Crippen LogP contribution is 2.36. The number of likely N-dealkylation sites (tertiary alicyclic amines) is 2. The summed E-state index contributed by atoms with van der Waals surface area (Å²) in [7, 11) is 1.95.